The lowest BCUT2D eigenvalue weighted by Crippen LogP contribution is -2.53. The summed E-state index contributed by atoms with van der Waals surface area (Å²) in [4.78, 5) is 52.3. The van der Waals surface area contributed by atoms with Gasteiger partial charge in [-0.05, 0) is 98.9 Å². The molecular formula is C42H48FN7O3. The van der Waals surface area contributed by atoms with Crippen molar-refractivity contribution >= 4 is 16.9 Å². The number of benzene rings is 2. The number of nitrogens with zero attached hydrogens (tertiary/aromatic N) is 5. The Morgan fingerprint density at radius 1 is 0.887 bits per heavy atom. The van der Waals surface area contributed by atoms with Crippen molar-refractivity contribution in [3.8, 4) is 16.8 Å². The molecule has 2 fully saturated rings. The van der Waals surface area contributed by atoms with Gasteiger partial charge < -0.3 is 10.6 Å². The largest absolute Gasteiger partial charge is 0.348 e. The zero-order valence-corrected chi connectivity index (χ0v) is 30.7. The van der Waals surface area contributed by atoms with Crippen molar-refractivity contribution in [1.82, 2.24) is 34.6 Å². The second-order valence-corrected chi connectivity index (χ2v) is 14.9. The smallest absolute Gasteiger partial charge is 0.337 e. The van der Waals surface area contributed by atoms with Crippen LogP contribution < -0.4 is 21.9 Å². The number of nitrogens with one attached hydrogen (secondary N) is 2. The van der Waals surface area contributed by atoms with Crippen LogP contribution >= 0.6 is 0 Å². The Balaban J connectivity index is 1.11. The molecule has 3 aromatic heterocycles. The van der Waals surface area contributed by atoms with Gasteiger partial charge in [-0.15, -0.1) is 0 Å². The molecule has 5 aromatic rings. The molecule has 0 bridgehead atoms. The number of carbonyl (C=O) groups excluding carboxylic acids is 1. The van der Waals surface area contributed by atoms with Crippen LogP contribution in [0.4, 0.5) is 4.39 Å². The summed E-state index contributed by atoms with van der Waals surface area (Å²) in [6.07, 6.45) is 8.05. The number of rotatable bonds is 10. The topological polar surface area (TPSA) is 114 Å². The van der Waals surface area contributed by atoms with Crippen LogP contribution in [0.1, 0.15) is 87.0 Å². The summed E-state index contributed by atoms with van der Waals surface area (Å²) in [5.74, 6) is -0.885. The Bertz CT molecular complexity index is 2180. The highest BCUT2D eigenvalue weighted by atomic mass is 19.1. The van der Waals surface area contributed by atoms with E-state index < -0.39 is 23.1 Å². The first-order valence-corrected chi connectivity index (χ1v) is 18.9. The fraction of sp³-hybridized carbons (Fsp3) is 0.405. The average molecular weight is 718 g/mol. The Morgan fingerprint density at radius 3 is 2.32 bits per heavy atom. The van der Waals surface area contributed by atoms with Crippen LogP contribution in [-0.2, 0) is 13.0 Å². The number of aryl methyl sites for hydroxylation is 1. The third-order valence-corrected chi connectivity index (χ3v) is 10.6. The number of hydrogen-bond acceptors (Lipinski definition) is 7. The maximum Gasteiger partial charge on any atom is 0.337 e. The molecule has 1 aliphatic heterocycles. The fourth-order valence-corrected chi connectivity index (χ4v) is 8.02. The molecule has 1 saturated carbocycles. The van der Waals surface area contributed by atoms with E-state index in [1.54, 1.807) is 12.3 Å². The van der Waals surface area contributed by atoms with Gasteiger partial charge >= 0.3 is 5.69 Å². The number of aromatic nitrogens is 4. The zero-order valence-electron chi connectivity index (χ0n) is 30.7. The molecule has 0 spiro atoms. The van der Waals surface area contributed by atoms with Gasteiger partial charge in [-0.3, -0.25) is 24.0 Å². The van der Waals surface area contributed by atoms with E-state index in [2.05, 4.69) is 70.5 Å². The number of fused-ring (bicyclic) bond motifs is 1. The lowest BCUT2D eigenvalue weighted by atomic mass is 9.90. The molecule has 2 aliphatic rings. The Labute approximate surface area is 309 Å². The van der Waals surface area contributed by atoms with Crippen LogP contribution in [0.2, 0.25) is 0 Å². The van der Waals surface area contributed by atoms with Crippen LogP contribution in [0.3, 0.4) is 0 Å². The van der Waals surface area contributed by atoms with Crippen molar-refractivity contribution < 1.29 is 9.18 Å². The number of amides is 1. The third kappa shape index (κ3) is 8.16. The molecule has 0 unspecified atom stereocenters. The van der Waals surface area contributed by atoms with E-state index in [1.165, 1.54) is 14.7 Å². The number of unbranched alkanes of at least 4 members (excludes halogenated alkanes) is 1. The Kier molecular flexibility index (Phi) is 10.9. The highest BCUT2D eigenvalue weighted by Gasteiger charge is 2.28. The first-order chi connectivity index (χ1) is 25.7. The maximum absolute atomic E-state index is 14.6. The summed E-state index contributed by atoms with van der Waals surface area (Å²) in [6, 6.07) is 21.3. The quantitative estimate of drug-likeness (QED) is 0.177. The molecule has 1 amide bonds. The second kappa shape index (κ2) is 15.9. The second-order valence-electron chi connectivity index (χ2n) is 14.9. The molecule has 1 saturated heterocycles. The molecule has 7 rings (SSSR count). The predicted octanol–water partition coefficient (Wildman–Crippen LogP) is 6.19. The molecule has 0 radical (unpaired) electrons. The van der Waals surface area contributed by atoms with Gasteiger partial charge in [0, 0.05) is 50.0 Å². The number of piperazine rings is 1. The zero-order chi connectivity index (χ0) is 37.1. The minimum absolute atomic E-state index is 0.0415. The minimum Gasteiger partial charge on any atom is -0.348 e. The number of carbonyl (C=O) groups is 1. The summed E-state index contributed by atoms with van der Waals surface area (Å²) >= 11 is 0. The average Bonchev–Trinajstić information content (AvgIpc) is 3.15. The van der Waals surface area contributed by atoms with Crippen LogP contribution in [0, 0.1) is 5.82 Å². The normalized spacial score (nSPS) is 20.8. The molecular weight excluding hydrogens is 670 g/mol. The summed E-state index contributed by atoms with van der Waals surface area (Å²) in [7, 11) is 0. The molecule has 11 heteroatoms. The number of halogens is 1. The summed E-state index contributed by atoms with van der Waals surface area (Å²) in [5, 5.41) is 6.71. The van der Waals surface area contributed by atoms with Crippen molar-refractivity contribution in [3.05, 3.63) is 123 Å². The van der Waals surface area contributed by atoms with Gasteiger partial charge in [0.1, 0.15) is 11.5 Å². The van der Waals surface area contributed by atoms with E-state index in [0.717, 1.165) is 67.9 Å². The predicted molar refractivity (Wildman–Crippen MR) is 206 cm³/mol. The first-order valence-electron chi connectivity index (χ1n) is 18.9. The van der Waals surface area contributed by atoms with Crippen molar-refractivity contribution in [3.63, 3.8) is 0 Å². The van der Waals surface area contributed by atoms with Crippen LogP contribution in [0.25, 0.3) is 27.8 Å². The third-order valence-electron chi connectivity index (χ3n) is 10.6. The van der Waals surface area contributed by atoms with Crippen molar-refractivity contribution in [2.45, 2.75) is 96.4 Å². The summed E-state index contributed by atoms with van der Waals surface area (Å²) in [5.41, 5.74) is 4.16. The van der Waals surface area contributed by atoms with Crippen LogP contribution in [-0.4, -0.2) is 61.1 Å². The standard InChI is InChI=1S/C42H48FN7O3/c1-4-5-7-29-12-19-38(44-22-29)40(51)47-34-15-17-35(18-16-34)50-41(52)37-21-33(43)23-45-39(37)49(42(50)53)36-9-6-8-32(20-36)31-13-10-30(11-14-31)26-48-24-27(2)46-28(3)25-48/h6,8-14,19-23,27-28,34-35,46H,4-5,7,15-18,24-26H2,1-3H3,(H,47,51)/t27-,28+,34-,35+. The van der Waals surface area contributed by atoms with Gasteiger partial charge in [0.15, 0.2) is 5.65 Å². The fourth-order valence-electron chi connectivity index (χ4n) is 8.02. The monoisotopic (exact) mass is 717 g/mol. The Morgan fingerprint density at radius 2 is 1.62 bits per heavy atom. The highest BCUT2D eigenvalue weighted by Crippen LogP contribution is 2.29. The molecule has 4 heterocycles. The van der Waals surface area contributed by atoms with E-state index in [9.17, 15) is 18.8 Å². The van der Waals surface area contributed by atoms with Crippen molar-refractivity contribution in [2.24, 2.45) is 0 Å². The van der Waals surface area contributed by atoms with Crippen molar-refractivity contribution in [1.29, 1.82) is 0 Å². The summed E-state index contributed by atoms with van der Waals surface area (Å²) in [6.45, 7) is 9.45. The molecule has 53 heavy (non-hydrogen) atoms. The van der Waals surface area contributed by atoms with Gasteiger partial charge in [-0.2, -0.15) is 0 Å². The lowest BCUT2D eigenvalue weighted by Gasteiger charge is -2.36. The maximum atomic E-state index is 14.6. The van der Waals surface area contributed by atoms with Gasteiger partial charge in [-0.25, -0.2) is 18.7 Å². The molecule has 2 N–H and O–H groups in total. The molecule has 276 valence electrons. The Hall–Kier alpha value is -5.00. The van der Waals surface area contributed by atoms with E-state index in [0.29, 0.717) is 49.1 Å². The van der Waals surface area contributed by atoms with E-state index in [1.807, 2.05) is 30.3 Å². The molecule has 2 atom stereocenters. The number of pyridine rings is 2. The van der Waals surface area contributed by atoms with Gasteiger partial charge in [0.25, 0.3) is 11.5 Å². The highest BCUT2D eigenvalue weighted by molar-refractivity contribution is 5.92. The molecule has 1 aliphatic carbocycles. The van der Waals surface area contributed by atoms with Gasteiger partial charge in [0.2, 0.25) is 0 Å². The van der Waals surface area contributed by atoms with E-state index in [-0.39, 0.29) is 23.0 Å². The molecule has 2 aromatic carbocycles. The van der Waals surface area contributed by atoms with Crippen molar-refractivity contribution in [2.75, 3.05) is 13.1 Å². The SMILES string of the molecule is CCCCc1ccc(C(=O)N[C@H]2CC[C@@H](n3c(=O)c4cc(F)cnc4n(-c4cccc(-c5ccc(CN6C[C@@H](C)N[C@@H](C)C6)cc5)c4)c3=O)CC2)nc1. The van der Waals surface area contributed by atoms with Crippen LogP contribution in [0.5, 0.6) is 0 Å². The van der Waals surface area contributed by atoms with E-state index in [4.69, 9.17) is 0 Å². The first kappa shape index (κ1) is 36.4. The minimum atomic E-state index is -0.650. The van der Waals surface area contributed by atoms with Crippen LogP contribution in [0.15, 0.2) is 88.7 Å². The molecule has 10 nitrogen and oxygen atoms in total. The number of hydrogen-bond donors (Lipinski definition) is 2. The lowest BCUT2D eigenvalue weighted by molar-refractivity contribution is 0.0917. The summed E-state index contributed by atoms with van der Waals surface area (Å²) < 4.78 is 17.3. The van der Waals surface area contributed by atoms with Gasteiger partial charge in [-0.1, -0.05) is 55.8 Å². The van der Waals surface area contributed by atoms with E-state index >= 15 is 0 Å². The van der Waals surface area contributed by atoms with Gasteiger partial charge in [0.05, 0.1) is 17.3 Å².